The highest BCUT2D eigenvalue weighted by Crippen LogP contribution is 2.40. The number of hydrogen-bond acceptors (Lipinski definition) is 8. The van der Waals surface area contributed by atoms with Crippen molar-refractivity contribution in [3.63, 3.8) is 0 Å². The predicted octanol–water partition coefficient (Wildman–Crippen LogP) is 4.71. The minimum Gasteiger partial charge on any atom is -0.497 e. The number of nitrogens with zero attached hydrogens (tertiary/aromatic N) is 2. The summed E-state index contributed by atoms with van der Waals surface area (Å²) in [7, 11) is 5.72. The van der Waals surface area contributed by atoms with Gasteiger partial charge in [-0.15, -0.1) is 5.11 Å². The minimum atomic E-state index is -1.46. The molecule has 0 saturated heterocycles. The van der Waals surface area contributed by atoms with Gasteiger partial charge in [0.2, 0.25) is 6.04 Å². The van der Waals surface area contributed by atoms with Crippen LogP contribution >= 0.6 is 23.2 Å². The molecule has 31 heavy (non-hydrogen) atoms. The number of azo groups is 1. The molecule has 2 aromatic rings. The highest BCUT2D eigenvalue weighted by molar-refractivity contribution is 6.33. The Balaban J connectivity index is 2.37. The Labute approximate surface area is 189 Å². The summed E-state index contributed by atoms with van der Waals surface area (Å²) in [6.07, 6.45) is 0. The summed E-state index contributed by atoms with van der Waals surface area (Å²) in [4.78, 5) is 24.9. The lowest BCUT2D eigenvalue weighted by Gasteiger charge is -2.15. The number of rotatable bonds is 9. The van der Waals surface area contributed by atoms with Gasteiger partial charge in [-0.1, -0.05) is 23.2 Å². The van der Waals surface area contributed by atoms with Crippen LogP contribution in [0.2, 0.25) is 10.0 Å². The summed E-state index contributed by atoms with van der Waals surface area (Å²) in [5, 5.41) is 10.9. The highest BCUT2D eigenvalue weighted by Gasteiger charge is 2.26. The third-order valence-corrected chi connectivity index (χ3v) is 4.57. The largest absolute Gasteiger partial charge is 0.497 e. The number of carbonyl (C=O) groups is 2. The lowest BCUT2D eigenvalue weighted by atomic mass is 10.2. The summed E-state index contributed by atoms with van der Waals surface area (Å²) in [6.45, 7) is 1.21. The van der Waals surface area contributed by atoms with Crippen molar-refractivity contribution in [2.45, 2.75) is 13.0 Å². The molecule has 0 bridgehead atoms. The Morgan fingerprint density at radius 1 is 0.935 bits per heavy atom. The van der Waals surface area contributed by atoms with Gasteiger partial charge in [-0.05, 0) is 13.0 Å². The second-order valence-corrected chi connectivity index (χ2v) is 6.91. The summed E-state index contributed by atoms with van der Waals surface area (Å²) in [6, 6.07) is 4.57. The molecule has 1 atom stereocenters. The summed E-state index contributed by atoms with van der Waals surface area (Å²) in [5.41, 5.74) is 0.351. The Morgan fingerprint density at radius 3 is 2.16 bits per heavy atom. The number of ether oxygens (including phenoxy) is 4. The van der Waals surface area contributed by atoms with Crippen LogP contribution in [0.1, 0.15) is 6.92 Å². The van der Waals surface area contributed by atoms with Gasteiger partial charge in [0.1, 0.15) is 11.4 Å². The van der Waals surface area contributed by atoms with Crippen LogP contribution in [0.3, 0.4) is 0 Å². The van der Waals surface area contributed by atoms with Crippen molar-refractivity contribution in [1.82, 2.24) is 0 Å². The molecular formula is C20H21Cl2N3O6. The number of amides is 1. The number of benzene rings is 2. The quantitative estimate of drug-likeness (QED) is 0.420. The number of ketones is 1. The topological polar surface area (TPSA) is 108 Å². The van der Waals surface area contributed by atoms with Gasteiger partial charge in [-0.25, -0.2) is 0 Å². The molecule has 11 heteroatoms. The summed E-state index contributed by atoms with van der Waals surface area (Å²) in [5.74, 6) is -0.0404. The zero-order valence-electron chi connectivity index (χ0n) is 17.5. The van der Waals surface area contributed by atoms with Crippen LogP contribution in [0.25, 0.3) is 0 Å². The average molecular weight is 470 g/mol. The number of methoxy groups -OCH3 is 4. The Morgan fingerprint density at radius 2 is 1.61 bits per heavy atom. The molecule has 0 aromatic heterocycles. The van der Waals surface area contributed by atoms with E-state index in [1.807, 2.05) is 0 Å². The van der Waals surface area contributed by atoms with Gasteiger partial charge in [-0.3, -0.25) is 9.59 Å². The standard InChI is InChI=1S/C20H21Cl2N3O6/c1-10(26)17(24-25-18-13(22)8-12(28-2)9-15(18)29-3)20(27)23-14-6-11(21)7-16(30-4)19(14)31-5/h6-9,17H,1-5H3,(H,23,27). The van der Waals surface area contributed by atoms with Crippen LogP contribution in [-0.2, 0) is 9.59 Å². The van der Waals surface area contributed by atoms with E-state index >= 15 is 0 Å². The van der Waals surface area contributed by atoms with E-state index < -0.39 is 17.7 Å². The number of hydrogen-bond donors (Lipinski definition) is 1. The molecule has 2 aromatic carbocycles. The Kier molecular flexibility index (Phi) is 8.47. The second-order valence-electron chi connectivity index (χ2n) is 6.07. The Hall–Kier alpha value is -3.04. The van der Waals surface area contributed by atoms with Crippen molar-refractivity contribution >= 4 is 46.3 Å². The number of anilines is 1. The monoisotopic (exact) mass is 469 g/mol. The van der Waals surface area contributed by atoms with Crippen LogP contribution < -0.4 is 24.3 Å². The number of Topliss-reactive ketones (excluding diaryl/α,β-unsaturated/α-hetero) is 1. The number of halogens is 2. The normalized spacial score (nSPS) is 11.7. The Bertz CT molecular complexity index is 1010. The fourth-order valence-corrected chi connectivity index (χ4v) is 3.03. The predicted molar refractivity (Wildman–Crippen MR) is 117 cm³/mol. The van der Waals surface area contributed by atoms with Crippen LogP contribution in [0, 0.1) is 0 Å². The molecule has 0 fully saturated rings. The first-order chi connectivity index (χ1) is 14.7. The van der Waals surface area contributed by atoms with E-state index in [9.17, 15) is 9.59 Å². The van der Waals surface area contributed by atoms with Gasteiger partial charge in [0.05, 0.1) is 39.1 Å². The van der Waals surface area contributed by atoms with E-state index in [1.165, 1.54) is 53.6 Å². The third kappa shape index (κ3) is 5.77. The summed E-state index contributed by atoms with van der Waals surface area (Å²) >= 11 is 12.3. The first-order valence-electron chi connectivity index (χ1n) is 8.80. The van der Waals surface area contributed by atoms with Crippen LogP contribution in [0.4, 0.5) is 11.4 Å². The van der Waals surface area contributed by atoms with Crippen LogP contribution in [-0.4, -0.2) is 46.2 Å². The van der Waals surface area contributed by atoms with E-state index in [0.29, 0.717) is 16.5 Å². The first kappa shape index (κ1) is 24.2. The number of nitrogens with one attached hydrogen (secondary N) is 1. The molecule has 9 nitrogen and oxygen atoms in total. The molecular weight excluding hydrogens is 449 g/mol. The molecule has 1 unspecified atom stereocenters. The fraction of sp³-hybridized carbons (Fsp3) is 0.300. The number of carbonyl (C=O) groups excluding carboxylic acids is 2. The lowest BCUT2D eigenvalue weighted by molar-refractivity contribution is -0.126. The lowest BCUT2D eigenvalue weighted by Crippen LogP contribution is -2.32. The molecule has 1 amide bonds. The molecule has 0 aliphatic heterocycles. The molecule has 0 radical (unpaired) electrons. The maximum absolute atomic E-state index is 12.8. The van der Waals surface area contributed by atoms with Gasteiger partial charge >= 0.3 is 0 Å². The van der Waals surface area contributed by atoms with Crippen LogP contribution in [0.5, 0.6) is 23.0 Å². The van der Waals surface area contributed by atoms with Crippen LogP contribution in [0.15, 0.2) is 34.5 Å². The molecule has 0 heterocycles. The molecule has 0 spiro atoms. The SMILES string of the molecule is COc1cc(Cl)c(N=NC(C(C)=O)C(=O)Nc2cc(Cl)cc(OC)c2OC)c(OC)c1. The van der Waals surface area contributed by atoms with Crippen molar-refractivity contribution in [3.8, 4) is 23.0 Å². The first-order valence-corrected chi connectivity index (χ1v) is 9.56. The average Bonchev–Trinajstić information content (AvgIpc) is 2.73. The molecule has 1 N–H and O–H groups in total. The van der Waals surface area contributed by atoms with Gasteiger partial charge in [0.15, 0.2) is 23.0 Å². The van der Waals surface area contributed by atoms with E-state index in [4.69, 9.17) is 42.1 Å². The zero-order chi connectivity index (χ0) is 23.1. The zero-order valence-corrected chi connectivity index (χ0v) is 19.0. The van der Waals surface area contributed by atoms with Crippen molar-refractivity contribution in [2.75, 3.05) is 33.8 Å². The van der Waals surface area contributed by atoms with Gasteiger partial charge in [-0.2, -0.15) is 5.11 Å². The van der Waals surface area contributed by atoms with E-state index in [2.05, 4.69) is 15.5 Å². The van der Waals surface area contributed by atoms with E-state index in [1.54, 1.807) is 6.07 Å². The van der Waals surface area contributed by atoms with Crippen molar-refractivity contribution in [1.29, 1.82) is 0 Å². The third-order valence-electron chi connectivity index (χ3n) is 4.07. The van der Waals surface area contributed by atoms with Crippen molar-refractivity contribution < 1.29 is 28.5 Å². The van der Waals surface area contributed by atoms with Crippen molar-refractivity contribution in [3.05, 3.63) is 34.3 Å². The van der Waals surface area contributed by atoms with Crippen molar-refractivity contribution in [2.24, 2.45) is 10.2 Å². The molecule has 0 aliphatic carbocycles. The van der Waals surface area contributed by atoms with Gasteiger partial charge in [0, 0.05) is 23.2 Å². The van der Waals surface area contributed by atoms with Gasteiger partial charge < -0.3 is 24.3 Å². The van der Waals surface area contributed by atoms with Gasteiger partial charge in [0.25, 0.3) is 5.91 Å². The second kappa shape index (κ2) is 10.8. The van der Waals surface area contributed by atoms with E-state index in [0.717, 1.165) is 0 Å². The summed E-state index contributed by atoms with van der Waals surface area (Å²) < 4.78 is 20.8. The molecule has 0 saturated carbocycles. The molecule has 166 valence electrons. The minimum absolute atomic E-state index is 0.144. The maximum Gasteiger partial charge on any atom is 0.258 e. The smallest absolute Gasteiger partial charge is 0.258 e. The molecule has 0 aliphatic rings. The maximum atomic E-state index is 12.8. The molecule has 2 rings (SSSR count). The fourth-order valence-electron chi connectivity index (χ4n) is 2.58. The highest BCUT2D eigenvalue weighted by atomic mass is 35.5. The van der Waals surface area contributed by atoms with E-state index in [-0.39, 0.29) is 27.9 Å².